The summed E-state index contributed by atoms with van der Waals surface area (Å²) in [6.45, 7) is 0.800. The second-order valence-electron chi connectivity index (χ2n) is 6.07. The molecule has 0 aliphatic carbocycles. The number of amides is 1. The number of nitrogens with one attached hydrogen (secondary N) is 1. The van der Waals surface area contributed by atoms with E-state index < -0.39 is 0 Å². The Hall–Kier alpha value is -2.66. The number of aromatic nitrogens is 2. The zero-order valence-corrected chi connectivity index (χ0v) is 14.3. The zero-order chi connectivity index (χ0) is 17.2. The molecule has 5 nitrogen and oxygen atoms in total. The number of hydrogen-bond acceptors (Lipinski definition) is 4. The standard InChI is InChI=1S/C19H17ClN4O/c20-13-5-3-6-14(11-13)23-19(25)17-9-4-10-24(17)18-15-7-1-2-8-16(15)21-12-22-18/h1-3,5-8,11-12,17H,4,9-10H2,(H,23,25). The number of carbonyl (C=O) groups excluding carboxylic acids is 1. The first-order valence-corrected chi connectivity index (χ1v) is 8.63. The lowest BCUT2D eigenvalue weighted by Gasteiger charge is -2.25. The molecule has 1 aliphatic heterocycles. The zero-order valence-electron chi connectivity index (χ0n) is 13.5. The highest BCUT2D eigenvalue weighted by molar-refractivity contribution is 6.30. The van der Waals surface area contributed by atoms with Crippen molar-refractivity contribution >= 4 is 39.9 Å². The van der Waals surface area contributed by atoms with E-state index in [0.29, 0.717) is 10.7 Å². The van der Waals surface area contributed by atoms with Gasteiger partial charge in [0.2, 0.25) is 5.91 Å². The molecule has 1 aromatic heterocycles. The van der Waals surface area contributed by atoms with Crippen LogP contribution >= 0.6 is 11.6 Å². The Morgan fingerprint density at radius 1 is 1.16 bits per heavy atom. The van der Waals surface area contributed by atoms with Gasteiger partial charge >= 0.3 is 0 Å². The van der Waals surface area contributed by atoms with Crippen LogP contribution in [0.15, 0.2) is 54.9 Å². The SMILES string of the molecule is O=C(Nc1cccc(Cl)c1)C1CCCN1c1ncnc2ccccc12. The second-order valence-corrected chi connectivity index (χ2v) is 6.50. The van der Waals surface area contributed by atoms with Crippen LogP contribution in [-0.4, -0.2) is 28.5 Å². The molecule has 1 amide bonds. The van der Waals surface area contributed by atoms with E-state index in [-0.39, 0.29) is 11.9 Å². The van der Waals surface area contributed by atoms with E-state index in [1.165, 1.54) is 0 Å². The maximum absolute atomic E-state index is 12.8. The van der Waals surface area contributed by atoms with Gasteiger partial charge in [-0.1, -0.05) is 29.8 Å². The van der Waals surface area contributed by atoms with Gasteiger partial charge in [0.1, 0.15) is 18.2 Å². The predicted octanol–water partition coefficient (Wildman–Crippen LogP) is 3.89. The van der Waals surface area contributed by atoms with Crippen molar-refractivity contribution in [2.45, 2.75) is 18.9 Å². The lowest BCUT2D eigenvalue weighted by Crippen LogP contribution is -2.40. The molecule has 1 N–H and O–H groups in total. The molecule has 3 aromatic rings. The van der Waals surface area contributed by atoms with Crippen LogP contribution in [0.5, 0.6) is 0 Å². The molecule has 1 aliphatic rings. The summed E-state index contributed by atoms with van der Waals surface area (Å²) in [6.07, 6.45) is 3.30. The topological polar surface area (TPSA) is 58.1 Å². The number of anilines is 2. The van der Waals surface area contributed by atoms with E-state index >= 15 is 0 Å². The number of nitrogens with zero attached hydrogens (tertiary/aromatic N) is 3. The van der Waals surface area contributed by atoms with Crippen molar-refractivity contribution in [3.8, 4) is 0 Å². The van der Waals surface area contributed by atoms with E-state index in [4.69, 9.17) is 11.6 Å². The summed E-state index contributed by atoms with van der Waals surface area (Å²) in [5, 5.41) is 4.53. The summed E-state index contributed by atoms with van der Waals surface area (Å²) < 4.78 is 0. The van der Waals surface area contributed by atoms with E-state index in [1.54, 1.807) is 18.5 Å². The molecule has 1 fully saturated rings. The molecule has 0 radical (unpaired) electrons. The average Bonchev–Trinajstić information content (AvgIpc) is 3.11. The molecule has 1 atom stereocenters. The molecular weight excluding hydrogens is 336 g/mol. The molecule has 0 spiro atoms. The first kappa shape index (κ1) is 15.8. The van der Waals surface area contributed by atoms with Crippen LogP contribution < -0.4 is 10.2 Å². The van der Waals surface area contributed by atoms with Crippen molar-refractivity contribution in [2.75, 3.05) is 16.8 Å². The predicted molar refractivity (Wildman–Crippen MR) is 100.0 cm³/mol. The molecule has 0 saturated carbocycles. The van der Waals surface area contributed by atoms with Crippen LogP contribution in [0, 0.1) is 0 Å². The smallest absolute Gasteiger partial charge is 0.247 e. The fraction of sp³-hybridized carbons (Fsp3) is 0.211. The van der Waals surface area contributed by atoms with Gasteiger partial charge in [0, 0.05) is 22.6 Å². The van der Waals surface area contributed by atoms with Gasteiger partial charge in [-0.25, -0.2) is 9.97 Å². The Labute approximate surface area is 150 Å². The third kappa shape index (κ3) is 3.15. The van der Waals surface area contributed by atoms with Crippen LogP contribution in [0.25, 0.3) is 10.9 Å². The molecule has 0 bridgehead atoms. The van der Waals surface area contributed by atoms with E-state index in [0.717, 1.165) is 36.1 Å². The molecule has 2 aromatic carbocycles. The normalized spacial score (nSPS) is 17.0. The fourth-order valence-corrected chi connectivity index (χ4v) is 3.49. The second kappa shape index (κ2) is 6.69. The molecule has 2 heterocycles. The number of fused-ring (bicyclic) bond motifs is 1. The quantitative estimate of drug-likeness (QED) is 0.777. The van der Waals surface area contributed by atoms with Crippen molar-refractivity contribution in [1.82, 2.24) is 9.97 Å². The largest absolute Gasteiger partial charge is 0.344 e. The summed E-state index contributed by atoms with van der Waals surface area (Å²) in [7, 11) is 0. The van der Waals surface area contributed by atoms with Crippen molar-refractivity contribution in [2.24, 2.45) is 0 Å². The van der Waals surface area contributed by atoms with Crippen molar-refractivity contribution in [1.29, 1.82) is 0 Å². The summed E-state index contributed by atoms with van der Waals surface area (Å²) in [4.78, 5) is 23.6. The lowest BCUT2D eigenvalue weighted by molar-refractivity contribution is -0.117. The van der Waals surface area contributed by atoms with Crippen LogP contribution in [0.3, 0.4) is 0 Å². The maximum Gasteiger partial charge on any atom is 0.247 e. The monoisotopic (exact) mass is 352 g/mol. The summed E-state index contributed by atoms with van der Waals surface area (Å²) >= 11 is 6.00. The average molecular weight is 353 g/mol. The third-order valence-electron chi connectivity index (χ3n) is 4.44. The Kier molecular flexibility index (Phi) is 4.24. The number of benzene rings is 2. The summed E-state index contributed by atoms with van der Waals surface area (Å²) in [5.41, 5.74) is 1.59. The highest BCUT2D eigenvalue weighted by Gasteiger charge is 2.32. The van der Waals surface area contributed by atoms with Crippen LogP contribution in [0.2, 0.25) is 5.02 Å². The number of para-hydroxylation sites is 1. The number of carbonyl (C=O) groups is 1. The number of rotatable bonds is 3. The van der Waals surface area contributed by atoms with E-state index in [9.17, 15) is 4.79 Å². The molecule has 126 valence electrons. The third-order valence-corrected chi connectivity index (χ3v) is 4.68. The Bertz CT molecular complexity index is 925. The Morgan fingerprint density at radius 2 is 2.04 bits per heavy atom. The van der Waals surface area contributed by atoms with Crippen molar-refractivity contribution in [3.05, 3.63) is 59.9 Å². The minimum Gasteiger partial charge on any atom is -0.344 e. The molecule has 1 saturated heterocycles. The first-order valence-electron chi connectivity index (χ1n) is 8.25. The molecule has 25 heavy (non-hydrogen) atoms. The summed E-state index contributed by atoms with van der Waals surface area (Å²) in [6, 6.07) is 14.8. The van der Waals surface area contributed by atoms with Crippen LogP contribution in [-0.2, 0) is 4.79 Å². The van der Waals surface area contributed by atoms with Gasteiger partial charge in [-0.15, -0.1) is 0 Å². The van der Waals surface area contributed by atoms with Crippen molar-refractivity contribution in [3.63, 3.8) is 0 Å². The van der Waals surface area contributed by atoms with Gasteiger partial charge in [0.25, 0.3) is 0 Å². The van der Waals surface area contributed by atoms with Gasteiger partial charge in [-0.3, -0.25) is 4.79 Å². The Balaban J connectivity index is 1.62. The highest BCUT2D eigenvalue weighted by atomic mass is 35.5. The molecular formula is C19H17ClN4O. The van der Waals surface area contributed by atoms with Crippen LogP contribution in [0.1, 0.15) is 12.8 Å². The molecule has 6 heteroatoms. The minimum atomic E-state index is -0.253. The first-order chi connectivity index (χ1) is 12.2. The van der Waals surface area contributed by atoms with E-state index in [1.807, 2.05) is 36.4 Å². The molecule has 1 unspecified atom stereocenters. The van der Waals surface area contributed by atoms with Gasteiger partial charge < -0.3 is 10.2 Å². The molecule has 4 rings (SSSR count). The number of hydrogen-bond donors (Lipinski definition) is 1. The van der Waals surface area contributed by atoms with Gasteiger partial charge in [-0.05, 0) is 43.2 Å². The highest BCUT2D eigenvalue weighted by Crippen LogP contribution is 2.30. The number of halogens is 1. The maximum atomic E-state index is 12.8. The Morgan fingerprint density at radius 3 is 2.92 bits per heavy atom. The van der Waals surface area contributed by atoms with Crippen molar-refractivity contribution < 1.29 is 4.79 Å². The van der Waals surface area contributed by atoms with Gasteiger partial charge in [-0.2, -0.15) is 0 Å². The fourth-order valence-electron chi connectivity index (χ4n) is 3.30. The lowest BCUT2D eigenvalue weighted by atomic mass is 10.1. The minimum absolute atomic E-state index is 0.0394. The van der Waals surface area contributed by atoms with E-state index in [2.05, 4.69) is 20.2 Å². The van der Waals surface area contributed by atoms with Gasteiger partial charge in [0.15, 0.2) is 0 Å². The van der Waals surface area contributed by atoms with Crippen LogP contribution in [0.4, 0.5) is 11.5 Å². The summed E-state index contributed by atoms with van der Waals surface area (Å²) in [5.74, 6) is 0.775. The van der Waals surface area contributed by atoms with Gasteiger partial charge in [0.05, 0.1) is 5.52 Å².